The van der Waals surface area contributed by atoms with Gasteiger partial charge in [0.25, 0.3) is 5.56 Å². The van der Waals surface area contributed by atoms with Crippen LogP contribution in [0.2, 0.25) is 0 Å². The molecule has 4 rings (SSSR count). The summed E-state index contributed by atoms with van der Waals surface area (Å²) in [7, 11) is 1.27. The molecule has 3 aromatic rings. The van der Waals surface area contributed by atoms with Gasteiger partial charge >= 0.3 is 5.97 Å². The standard InChI is InChI=1S/C25H27N3O4S/c1-16(18-12-11-17-7-3-4-8-19(17)13-18)26-22(29)15-33-25-27-21-10-6-5-9-20(21)24(31)28(25)14-23(30)32-2/h5-6,9-13,16H,3-4,7-8,14-15H2,1-2H3,(H,26,29)/t16-/m0/s1. The predicted molar refractivity (Wildman–Crippen MR) is 128 cm³/mol. The molecule has 0 unspecified atom stereocenters. The molecule has 33 heavy (non-hydrogen) atoms. The van der Waals surface area contributed by atoms with E-state index < -0.39 is 5.97 Å². The summed E-state index contributed by atoms with van der Waals surface area (Å²) in [4.78, 5) is 42.0. The van der Waals surface area contributed by atoms with Gasteiger partial charge in [-0.1, -0.05) is 42.1 Å². The zero-order valence-corrected chi connectivity index (χ0v) is 19.6. The van der Waals surface area contributed by atoms with Crippen molar-refractivity contribution in [3.05, 3.63) is 69.5 Å². The van der Waals surface area contributed by atoms with Crippen LogP contribution in [0, 0.1) is 0 Å². The second kappa shape index (κ2) is 10.2. The van der Waals surface area contributed by atoms with Crippen molar-refractivity contribution >= 4 is 34.5 Å². The average molecular weight is 466 g/mol. The maximum absolute atomic E-state index is 12.9. The number of aromatic nitrogens is 2. The molecule has 0 bridgehead atoms. The molecule has 0 saturated heterocycles. The molecule has 0 spiro atoms. The van der Waals surface area contributed by atoms with Crippen LogP contribution >= 0.6 is 11.8 Å². The first kappa shape index (κ1) is 23.0. The van der Waals surface area contributed by atoms with Crippen molar-refractivity contribution in [2.45, 2.75) is 50.4 Å². The Morgan fingerprint density at radius 2 is 1.91 bits per heavy atom. The van der Waals surface area contributed by atoms with Crippen molar-refractivity contribution in [2.75, 3.05) is 12.9 Å². The molecule has 8 heteroatoms. The van der Waals surface area contributed by atoms with Crippen LogP contribution in [-0.2, 0) is 33.7 Å². The molecule has 0 fully saturated rings. The normalized spacial score (nSPS) is 13.9. The number of carbonyl (C=O) groups excluding carboxylic acids is 2. The number of hydrogen-bond donors (Lipinski definition) is 1. The molecule has 2 aromatic carbocycles. The first-order chi connectivity index (χ1) is 16.0. The minimum absolute atomic E-state index is 0.0707. The van der Waals surface area contributed by atoms with E-state index in [0.29, 0.717) is 16.1 Å². The van der Waals surface area contributed by atoms with E-state index in [1.807, 2.05) is 6.92 Å². The summed E-state index contributed by atoms with van der Waals surface area (Å²) in [6.07, 6.45) is 4.66. The van der Waals surface area contributed by atoms with Gasteiger partial charge in [-0.15, -0.1) is 0 Å². The number of hydrogen-bond acceptors (Lipinski definition) is 6. The number of para-hydroxylation sites is 1. The average Bonchev–Trinajstić information content (AvgIpc) is 2.84. The van der Waals surface area contributed by atoms with Gasteiger partial charge in [-0.25, -0.2) is 4.98 Å². The summed E-state index contributed by atoms with van der Waals surface area (Å²) < 4.78 is 5.99. The monoisotopic (exact) mass is 465 g/mol. The van der Waals surface area contributed by atoms with Crippen LogP contribution < -0.4 is 10.9 Å². The molecule has 1 N–H and O–H groups in total. The van der Waals surface area contributed by atoms with E-state index in [0.717, 1.165) is 30.2 Å². The Balaban J connectivity index is 1.48. The second-order valence-electron chi connectivity index (χ2n) is 8.19. The van der Waals surface area contributed by atoms with Crippen LogP contribution in [0.15, 0.2) is 52.4 Å². The van der Waals surface area contributed by atoms with E-state index in [2.05, 4.69) is 28.5 Å². The van der Waals surface area contributed by atoms with Gasteiger partial charge < -0.3 is 10.1 Å². The van der Waals surface area contributed by atoms with Crippen molar-refractivity contribution in [2.24, 2.45) is 0 Å². The Bertz CT molecular complexity index is 1250. The molecular formula is C25H27N3O4S. The molecule has 1 aliphatic rings. The van der Waals surface area contributed by atoms with Gasteiger partial charge in [-0.2, -0.15) is 0 Å². The fourth-order valence-corrected chi connectivity index (χ4v) is 4.92. The quantitative estimate of drug-likeness (QED) is 0.327. The van der Waals surface area contributed by atoms with Crippen LogP contribution in [-0.4, -0.2) is 34.3 Å². The highest BCUT2D eigenvalue weighted by Crippen LogP contribution is 2.25. The molecule has 172 valence electrons. The summed E-state index contributed by atoms with van der Waals surface area (Å²) in [6.45, 7) is 1.71. The third kappa shape index (κ3) is 5.27. The maximum Gasteiger partial charge on any atom is 0.325 e. The third-order valence-electron chi connectivity index (χ3n) is 5.92. The number of fused-ring (bicyclic) bond motifs is 2. The number of thioether (sulfide) groups is 1. The van der Waals surface area contributed by atoms with Gasteiger partial charge in [0.1, 0.15) is 6.54 Å². The second-order valence-corrected chi connectivity index (χ2v) is 9.13. The van der Waals surface area contributed by atoms with Gasteiger partial charge in [-0.3, -0.25) is 19.0 Å². The number of rotatable bonds is 7. The molecular weight excluding hydrogens is 438 g/mol. The molecule has 1 heterocycles. The Hall–Kier alpha value is -3.13. The molecule has 1 aliphatic carbocycles. The van der Waals surface area contributed by atoms with Gasteiger partial charge in [0.05, 0.1) is 29.8 Å². The van der Waals surface area contributed by atoms with Crippen LogP contribution in [0.4, 0.5) is 0 Å². The van der Waals surface area contributed by atoms with Crippen LogP contribution in [0.5, 0.6) is 0 Å². The molecule has 7 nitrogen and oxygen atoms in total. The SMILES string of the molecule is COC(=O)Cn1c(SCC(=O)N[C@@H](C)c2ccc3c(c2)CCCC3)nc2ccccc2c1=O. The number of nitrogens with zero attached hydrogens (tertiary/aromatic N) is 2. The van der Waals surface area contributed by atoms with E-state index >= 15 is 0 Å². The first-order valence-electron chi connectivity index (χ1n) is 11.1. The Labute approximate surface area is 196 Å². The summed E-state index contributed by atoms with van der Waals surface area (Å²) in [6, 6.07) is 13.3. The smallest absolute Gasteiger partial charge is 0.325 e. The van der Waals surface area contributed by atoms with E-state index in [-0.39, 0.29) is 29.8 Å². The Morgan fingerprint density at radius 3 is 2.70 bits per heavy atom. The summed E-state index contributed by atoms with van der Waals surface area (Å²) >= 11 is 1.13. The van der Waals surface area contributed by atoms with Crippen molar-refractivity contribution in [1.29, 1.82) is 0 Å². The van der Waals surface area contributed by atoms with Gasteiger partial charge in [0, 0.05) is 0 Å². The van der Waals surface area contributed by atoms with E-state index in [1.165, 1.54) is 35.6 Å². The fourth-order valence-electron chi connectivity index (χ4n) is 4.11. The lowest BCUT2D eigenvalue weighted by atomic mass is 9.89. The number of aryl methyl sites for hydroxylation is 2. The number of amides is 1. The minimum Gasteiger partial charge on any atom is -0.468 e. The predicted octanol–water partition coefficient (Wildman–Crippen LogP) is 3.42. The van der Waals surface area contributed by atoms with Crippen molar-refractivity contribution in [3.63, 3.8) is 0 Å². The molecule has 1 atom stereocenters. The van der Waals surface area contributed by atoms with E-state index in [9.17, 15) is 14.4 Å². The minimum atomic E-state index is -0.554. The topological polar surface area (TPSA) is 90.3 Å². The highest BCUT2D eigenvalue weighted by atomic mass is 32.2. The zero-order valence-electron chi connectivity index (χ0n) is 18.8. The molecule has 1 aromatic heterocycles. The van der Waals surface area contributed by atoms with Crippen LogP contribution in [0.25, 0.3) is 10.9 Å². The molecule has 1 amide bonds. The number of nitrogens with one attached hydrogen (secondary N) is 1. The Kier molecular flexibility index (Phi) is 7.13. The van der Waals surface area contributed by atoms with Crippen LogP contribution in [0.1, 0.15) is 42.5 Å². The molecule has 0 aliphatic heterocycles. The number of methoxy groups -OCH3 is 1. The van der Waals surface area contributed by atoms with E-state index in [4.69, 9.17) is 4.74 Å². The largest absolute Gasteiger partial charge is 0.468 e. The summed E-state index contributed by atoms with van der Waals surface area (Å²) in [5.74, 6) is -0.653. The number of carbonyl (C=O) groups is 2. The van der Waals surface area contributed by atoms with Crippen molar-refractivity contribution in [1.82, 2.24) is 14.9 Å². The summed E-state index contributed by atoms with van der Waals surface area (Å²) in [5, 5.41) is 3.75. The highest BCUT2D eigenvalue weighted by Gasteiger charge is 2.18. The van der Waals surface area contributed by atoms with Crippen molar-refractivity contribution < 1.29 is 14.3 Å². The maximum atomic E-state index is 12.9. The van der Waals surface area contributed by atoms with E-state index in [1.54, 1.807) is 24.3 Å². The lowest BCUT2D eigenvalue weighted by molar-refractivity contribution is -0.141. The first-order valence-corrected chi connectivity index (χ1v) is 12.0. The number of ether oxygens (including phenoxy) is 1. The fraction of sp³-hybridized carbons (Fsp3) is 0.360. The Morgan fingerprint density at radius 1 is 1.15 bits per heavy atom. The zero-order chi connectivity index (χ0) is 23.4. The lowest BCUT2D eigenvalue weighted by Gasteiger charge is -2.20. The molecule has 0 saturated carbocycles. The van der Waals surface area contributed by atoms with Gasteiger partial charge in [0.15, 0.2) is 5.16 Å². The number of esters is 1. The summed E-state index contributed by atoms with van der Waals surface area (Å²) in [5.41, 5.74) is 4.05. The van der Waals surface area contributed by atoms with Gasteiger partial charge in [0.2, 0.25) is 5.91 Å². The van der Waals surface area contributed by atoms with Crippen molar-refractivity contribution in [3.8, 4) is 0 Å². The highest BCUT2D eigenvalue weighted by molar-refractivity contribution is 7.99. The third-order valence-corrected chi connectivity index (χ3v) is 6.90. The van der Waals surface area contributed by atoms with Crippen LogP contribution in [0.3, 0.4) is 0 Å². The number of benzene rings is 2. The van der Waals surface area contributed by atoms with Gasteiger partial charge in [-0.05, 0) is 61.4 Å². The molecule has 0 radical (unpaired) electrons. The lowest BCUT2D eigenvalue weighted by Crippen LogP contribution is -2.30.